The van der Waals surface area contributed by atoms with Gasteiger partial charge in [-0.3, -0.25) is 13.9 Å². The molecule has 561 valence electrons. The van der Waals surface area contributed by atoms with Crippen LogP contribution in [0.4, 0.5) is 16.2 Å². The number of nitrogens with zero attached hydrogens (tertiary/aromatic N) is 2. The van der Waals surface area contributed by atoms with Gasteiger partial charge in [0.1, 0.15) is 5.60 Å². The van der Waals surface area contributed by atoms with E-state index in [9.17, 15) is 46.5 Å². The predicted molar refractivity (Wildman–Crippen MR) is 424 cm³/mol. The number of hydrogen-bond donors (Lipinski definition) is 6. The number of amides is 1. The van der Waals surface area contributed by atoms with Crippen molar-refractivity contribution in [1.29, 1.82) is 0 Å². The molecular weight excluding hydrogens is 1480 g/mol. The van der Waals surface area contributed by atoms with Crippen LogP contribution in [0, 0.1) is 27.7 Å². The second kappa shape index (κ2) is 51.5. The van der Waals surface area contributed by atoms with E-state index in [1.807, 2.05) is 217 Å². The van der Waals surface area contributed by atoms with Crippen molar-refractivity contribution in [1.82, 2.24) is 0 Å². The van der Waals surface area contributed by atoms with E-state index in [-0.39, 0.29) is 80.7 Å². The number of hydrogen-bond acceptors (Lipinski definition) is 17. The molecule has 18 nitrogen and oxygen atoms in total. The summed E-state index contributed by atoms with van der Waals surface area (Å²) in [5.41, 5.74) is 6.75. The number of aliphatic hydroxyl groups is 4. The van der Waals surface area contributed by atoms with Crippen molar-refractivity contribution < 1.29 is 107 Å². The van der Waals surface area contributed by atoms with Gasteiger partial charge < -0.3 is 26.6 Å². The van der Waals surface area contributed by atoms with Crippen molar-refractivity contribution in [2.75, 3.05) is 30.0 Å². The van der Waals surface area contributed by atoms with Crippen molar-refractivity contribution in [3.63, 3.8) is 0 Å². The summed E-state index contributed by atoms with van der Waals surface area (Å²) in [4.78, 5) is 38.3. The van der Waals surface area contributed by atoms with Crippen LogP contribution in [0.5, 0.6) is 0 Å². The zero-order valence-electron chi connectivity index (χ0n) is 62.7. The number of rotatable bonds is 18. The fraction of sp³-hybridized carbons (Fsp3) is 0.256. The Labute approximate surface area is 664 Å². The van der Waals surface area contributed by atoms with Crippen LogP contribution in [-0.4, -0.2) is 99.2 Å². The molecule has 0 aliphatic carbocycles. The van der Waals surface area contributed by atoms with Gasteiger partial charge in [0.25, 0.3) is 19.2 Å². The van der Waals surface area contributed by atoms with Gasteiger partial charge in [0.15, 0.2) is 5.78 Å². The third-order valence-electron chi connectivity index (χ3n) is 15.3. The van der Waals surface area contributed by atoms with Gasteiger partial charge in [-0.25, -0.2) is 28.5 Å². The fourth-order valence-corrected chi connectivity index (χ4v) is 11.0. The zero-order chi connectivity index (χ0) is 77.8. The number of carbonyl (C=O) groups is 2. The Morgan fingerprint density at radius 1 is 0.632 bits per heavy atom. The summed E-state index contributed by atoms with van der Waals surface area (Å²) in [7, 11) is -2.26. The molecular formula is C82H97BBrClN2NaO16S2. The summed E-state index contributed by atoms with van der Waals surface area (Å²) in [6, 6.07) is 75.4. The van der Waals surface area contributed by atoms with Gasteiger partial charge in [0, 0.05) is 68.1 Å². The number of ether oxygens (including phenoxy) is 1. The largest absolute Gasteiger partial charge is 1.00 e. The maximum absolute atomic E-state index is 12.4. The van der Waals surface area contributed by atoms with E-state index in [1.165, 1.54) is 30.3 Å². The van der Waals surface area contributed by atoms with Gasteiger partial charge in [0.2, 0.25) is 6.08 Å². The third-order valence-corrected chi connectivity index (χ3v) is 18.4. The summed E-state index contributed by atoms with van der Waals surface area (Å²) >= 11 is 3.13. The molecule has 1 fully saturated rings. The first-order chi connectivity index (χ1) is 49.2. The zero-order valence-corrected chi connectivity index (χ0v) is 67.7. The summed E-state index contributed by atoms with van der Waals surface area (Å²) in [5.74, 6) is 0.121. The van der Waals surface area contributed by atoms with Gasteiger partial charge in [-0.05, 0) is 151 Å². The molecule has 1 saturated heterocycles. The van der Waals surface area contributed by atoms with E-state index in [0.29, 0.717) is 25.1 Å². The molecule has 0 aromatic heterocycles. The number of aryl methyl sites for hydroxylation is 4. The standard InChI is InChI=1S/C18H19NO2.C17H20O4S.C11H14O.C10H14O2.C8H7NO.C8H8O.C7H7ClO2S.C3H5Br.B.Na.H2O3.H/c1-14-7-6-10-16(13-14)19-12-11-18(2,21-17(19)20)15-8-4-3-5-9-15;1-14-8-10-16(11-9-14)22(19,20)21-13-12-17(2,18)15-6-4-3-5-7-15;1-3-9-11(2,12)10-7-5-4-6-8-10;1-10(12,7-8-11)9-5-3-2-4-6-9;1-7-3-2-4-8(5-7)9-6-10;1-7(9)8-5-3-2-4-6-8;1-6-2-4-7(5-3-6)11(8,9)10;1-2-3-4;;;1-3-2;/h3-10,13H,11-12H2,1-2H3;3-11,18H,12-13H2,1-2H3;3-8,12H,1,9H2,2H3;2-6,11-12H,7-8H2,1H3;2-5H,1H3;2-6H,1H3;2-5H,1H3;2H,1,3H2;;;1-2H;/q;;;;;;;;;+1;;-1. The first-order valence-electron chi connectivity index (χ1n) is 32.7. The molecule has 1 heterocycles. The number of Topliss-reactive ketones (excluding diaryl/α,β-unsaturated/α-hetero) is 1. The summed E-state index contributed by atoms with van der Waals surface area (Å²) < 4.78 is 56.3. The molecule has 1 aliphatic heterocycles. The molecule has 1 aliphatic rings. The summed E-state index contributed by atoms with van der Waals surface area (Å²) in [5, 5.41) is 55.3. The number of anilines is 1. The number of cyclic esters (lactones) is 1. The molecule has 6 N–H and O–H groups in total. The predicted octanol–water partition coefficient (Wildman–Crippen LogP) is 15.0. The fourth-order valence-electron chi connectivity index (χ4n) is 9.28. The van der Waals surface area contributed by atoms with E-state index in [0.717, 1.165) is 67.5 Å². The van der Waals surface area contributed by atoms with Crippen LogP contribution in [0.15, 0.2) is 289 Å². The molecule has 0 saturated carbocycles. The van der Waals surface area contributed by atoms with Crippen LogP contribution in [0.25, 0.3) is 0 Å². The third kappa shape index (κ3) is 38.1. The molecule has 24 heteroatoms. The number of allylic oxidation sites excluding steroid dienone is 1. The van der Waals surface area contributed by atoms with Gasteiger partial charge in [-0.2, -0.15) is 13.4 Å². The van der Waals surface area contributed by atoms with Crippen LogP contribution in [0.2, 0.25) is 0 Å². The van der Waals surface area contributed by atoms with Gasteiger partial charge >= 0.3 is 35.7 Å². The van der Waals surface area contributed by atoms with Gasteiger partial charge in [0.05, 0.1) is 38.9 Å². The average Bonchev–Trinajstić information content (AvgIpc) is 0.788. The molecule has 3 radical (unpaired) electrons. The van der Waals surface area contributed by atoms with Crippen molar-refractivity contribution in [3.05, 3.63) is 324 Å². The van der Waals surface area contributed by atoms with Crippen LogP contribution in [0.1, 0.15) is 117 Å². The van der Waals surface area contributed by atoms with Crippen LogP contribution >= 0.6 is 26.6 Å². The average molecular weight is 1580 g/mol. The van der Waals surface area contributed by atoms with E-state index in [4.69, 9.17) is 35.2 Å². The van der Waals surface area contributed by atoms with Crippen LogP contribution in [-0.2, 0) is 60.3 Å². The Balaban J connectivity index is 0. The SMILES string of the molecule is C=CCBr.C=CCC(C)(O)c1ccccc1.CC(=O)c1ccccc1.CC(O)(CCO)c1ccccc1.Cc1ccc(S(=O)(=O)Cl)cc1.Cc1ccc(S(=O)(=O)OCCC(C)(O)c2ccccc2)cc1.Cc1cccc(N2CCC(C)(c3ccccc3)OC2=O)c1.Cc1cccc(N=C=O)c1.OOO.[B].[H-].[Na+]. The molecule has 0 bridgehead atoms. The molecule has 10 rings (SSSR count). The molecule has 9 aromatic carbocycles. The first-order valence-corrected chi connectivity index (χ1v) is 37.5. The van der Waals surface area contributed by atoms with Crippen molar-refractivity contribution in [2.45, 2.75) is 120 Å². The topological polar surface area (TPSA) is 284 Å². The molecule has 4 atom stereocenters. The number of aliphatic imine (C=N–C) groups is 1. The maximum atomic E-state index is 12.4. The van der Waals surface area contributed by atoms with Crippen LogP contribution in [0.3, 0.4) is 0 Å². The smallest absolute Gasteiger partial charge is 1.00 e. The first kappa shape index (κ1) is 98.2. The summed E-state index contributed by atoms with van der Waals surface area (Å²) in [6.07, 6.45) is 6.64. The second-order valence-corrected chi connectivity index (χ2v) is 29.0. The molecule has 1 amide bonds. The molecule has 4 unspecified atom stereocenters. The molecule has 9 aromatic rings. The second-order valence-electron chi connectivity index (χ2n) is 24.2. The van der Waals surface area contributed by atoms with E-state index in [1.54, 1.807) is 87.2 Å². The summed E-state index contributed by atoms with van der Waals surface area (Å²) in [6.45, 7) is 24.0. The molecule has 0 spiro atoms. The van der Waals surface area contributed by atoms with E-state index < -0.39 is 41.6 Å². The Hall–Kier alpha value is -7.81. The maximum Gasteiger partial charge on any atom is 1.00 e. The normalized spacial score (nSPS) is 14.0. The Morgan fingerprint density at radius 3 is 1.42 bits per heavy atom. The number of carbonyl (C=O) groups excluding carboxylic acids is 3. The number of aliphatic hydroxyl groups excluding tert-OH is 1. The van der Waals surface area contributed by atoms with Gasteiger partial charge in [-0.1, -0.05) is 244 Å². The number of halogens is 2. The van der Waals surface area contributed by atoms with Crippen molar-refractivity contribution in [3.8, 4) is 0 Å². The minimum absolute atomic E-state index is 0. The van der Waals surface area contributed by atoms with E-state index >= 15 is 0 Å². The van der Waals surface area contributed by atoms with Crippen LogP contribution < -0.4 is 34.5 Å². The van der Waals surface area contributed by atoms with Crippen molar-refractivity contribution >= 4 is 83.5 Å². The Bertz CT molecular complexity index is 4260. The number of benzene rings is 9. The molecule has 106 heavy (non-hydrogen) atoms. The quantitative estimate of drug-likeness (QED) is 0.00445. The number of isocyanates is 1. The monoisotopic (exact) mass is 1580 g/mol. The number of alkyl halides is 1. The minimum atomic E-state index is -3.79. The number of ketones is 1. The Morgan fingerprint density at radius 2 is 1.04 bits per heavy atom. The van der Waals surface area contributed by atoms with Gasteiger partial charge in [-0.15, -0.1) is 13.2 Å². The minimum Gasteiger partial charge on any atom is -1.00 e. The van der Waals surface area contributed by atoms with E-state index in [2.05, 4.69) is 39.1 Å². The van der Waals surface area contributed by atoms with Crippen molar-refractivity contribution in [2.24, 2.45) is 4.99 Å². The Kier molecular flexibility index (Phi) is 47.7.